The van der Waals surface area contributed by atoms with E-state index < -0.39 is 0 Å². The molecule has 1 aromatic carbocycles. The molecule has 1 aromatic rings. The number of ether oxygens (including phenoxy) is 1. The molecule has 0 aromatic heterocycles. The zero-order valence-electron chi connectivity index (χ0n) is 13.2. The summed E-state index contributed by atoms with van der Waals surface area (Å²) < 4.78 is 19.5. The Morgan fingerprint density at radius 1 is 1.33 bits per heavy atom. The minimum Gasteiger partial charge on any atom is -0.496 e. The van der Waals surface area contributed by atoms with Gasteiger partial charge in [0.15, 0.2) is 0 Å². The number of aliphatic hydroxyl groups excluding tert-OH is 1. The summed E-state index contributed by atoms with van der Waals surface area (Å²) in [5, 5.41) is 12.4. The second kappa shape index (κ2) is 9.71. The molecule has 1 unspecified atom stereocenters. The molecule has 0 saturated heterocycles. The van der Waals surface area contributed by atoms with Crippen molar-refractivity contribution < 1.29 is 14.2 Å². The summed E-state index contributed by atoms with van der Waals surface area (Å²) in [6.45, 7) is 7.27. The largest absolute Gasteiger partial charge is 0.496 e. The molecule has 1 atom stereocenters. The van der Waals surface area contributed by atoms with E-state index >= 15 is 0 Å². The number of rotatable bonds is 10. The van der Waals surface area contributed by atoms with Crippen molar-refractivity contribution in [1.82, 2.24) is 10.2 Å². The van der Waals surface area contributed by atoms with Crippen LogP contribution in [0.2, 0.25) is 0 Å². The number of methoxy groups -OCH3 is 1. The van der Waals surface area contributed by atoms with Crippen molar-refractivity contribution in [2.75, 3.05) is 39.9 Å². The van der Waals surface area contributed by atoms with Crippen LogP contribution in [0.4, 0.5) is 4.39 Å². The van der Waals surface area contributed by atoms with Gasteiger partial charge in [0, 0.05) is 24.7 Å². The minimum absolute atomic E-state index is 0.0982. The maximum Gasteiger partial charge on any atom is 0.131 e. The second-order valence-electron chi connectivity index (χ2n) is 4.91. The average molecular weight is 298 g/mol. The number of likely N-dealkylation sites (N-methyl/N-ethyl adjacent to an activating group) is 1. The molecule has 2 N–H and O–H groups in total. The first-order valence-electron chi connectivity index (χ1n) is 7.56. The zero-order chi connectivity index (χ0) is 15.7. The maximum absolute atomic E-state index is 14.2. The standard InChI is InChI=1S/C16H27FN2O2/c1-4-18-14(9-10-19(5-2)11-12-20)16-13(17)7-6-8-15(16)21-3/h6-8,14,18,20H,4-5,9-12H2,1-3H3. The van der Waals surface area contributed by atoms with E-state index in [9.17, 15) is 4.39 Å². The Kier molecular flexibility index (Phi) is 8.27. The van der Waals surface area contributed by atoms with Crippen LogP contribution in [0.5, 0.6) is 5.75 Å². The van der Waals surface area contributed by atoms with E-state index in [4.69, 9.17) is 9.84 Å². The molecule has 0 bridgehead atoms. The lowest BCUT2D eigenvalue weighted by atomic mass is 10.0. The number of hydrogen-bond acceptors (Lipinski definition) is 4. The van der Waals surface area contributed by atoms with E-state index in [-0.39, 0.29) is 18.5 Å². The molecule has 0 aliphatic heterocycles. The van der Waals surface area contributed by atoms with Gasteiger partial charge >= 0.3 is 0 Å². The molecule has 1 rings (SSSR count). The predicted molar refractivity (Wildman–Crippen MR) is 83.2 cm³/mol. The van der Waals surface area contributed by atoms with E-state index in [1.807, 2.05) is 6.92 Å². The van der Waals surface area contributed by atoms with Crippen molar-refractivity contribution in [3.63, 3.8) is 0 Å². The molecule has 0 saturated carbocycles. The van der Waals surface area contributed by atoms with E-state index in [0.29, 0.717) is 17.9 Å². The van der Waals surface area contributed by atoms with Crippen LogP contribution in [0, 0.1) is 5.82 Å². The van der Waals surface area contributed by atoms with Gasteiger partial charge in [0.1, 0.15) is 11.6 Å². The highest BCUT2D eigenvalue weighted by Gasteiger charge is 2.20. The van der Waals surface area contributed by atoms with Gasteiger partial charge in [0.2, 0.25) is 0 Å². The molecule has 0 aliphatic rings. The first-order chi connectivity index (χ1) is 10.2. The molecule has 0 spiro atoms. The third kappa shape index (κ3) is 5.26. The molecule has 0 aliphatic carbocycles. The van der Waals surface area contributed by atoms with Gasteiger partial charge in [0.25, 0.3) is 0 Å². The summed E-state index contributed by atoms with van der Waals surface area (Å²) in [6, 6.07) is 4.81. The van der Waals surface area contributed by atoms with Crippen LogP contribution < -0.4 is 10.1 Å². The van der Waals surface area contributed by atoms with Gasteiger partial charge in [-0.05, 0) is 31.6 Å². The Balaban J connectivity index is 2.86. The SMILES string of the molecule is CCNC(CCN(CC)CCO)c1c(F)cccc1OC. The van der Waals surface area contributed by atoms with Crippen LogP contribution >= 0.6 is 0 Å². The Morgan fingerprint density at radius 2 is 2.10 bits per heavy atom. The number of aliphatic hydroxyl groups is 1. The average Bonchev–Trinajstić information content (AvgIpc) is 2.50. The molecule has 120 valence electrons. The van der Waals surface area contributed by atoms with Crippen molar-refractivity contribution in [3.8, 4) is 5.75 Å². The zero-order valence-corrected chi connectivity index (χ0v) is 13.2. The number of hydrogen-bond donors (Lipinski definition) is 2. The Labute approximate surface area is 126 Å². The van der Waals surface area contributed by atoms with Gasteiger partial charge in [-0.25, -0.2) is 4.39 Å². The summed E-state index contributed by atoms with van der Waals surface area (Å²) in [5.74, 6) is 0.330. The van der Waals surface area contributed by atoms with Crippen molar-refractivity contribution in [1.29, 1.82) is 0 Å². The topological polar surface area (TPSA) is 44.7 Å². The molecule has 0 radical (unpaired) electrons. The van der Waals surface area contributed by atoms with Gasteiger partial charge in [-0.3, -0.25) is 0 Å². The van der Waals surface area contributed by atoms with Crippen LogP contribution in [0.1, 0.15) is 31.9 Å². The van der Waals surface area contributed by atoms with Crippen molar-refractivity contribution in [2.45, 2.75) is 26.3 Å². The maximum atomic E-state index is 14.2. The van der Waals surface area contributed by atoms with Crippen LogP contribution in [-0.4, -0.2) is 49.9 Å². The van der Waals surface area contributed by atoms with Gasteiger partial charge < -0.3 is 20.1 Å². The van der Waals surface area contributed by atoms with Crippen molar-refractivity contribution >= 4 is 0 Å². The quantitative estimate of drug-likeness (QED) is 0.695. The summed E-state index contributed by atoms with van der Waals surface area (Å²) in [5.41, 5.74) is 0.585. The summed E-state index contributed by atoms with van der Waals surface area (Å²) in [7, 11) is 1.56. The van der Waals surface area contributed by atoms with Crippen LogP contribution in [-0.2, 0) is 0 Å². The number of nitrogens with one attached hydrogen (secondary N) is 1. The van der Waals surface area contributed by atoms with Crippen molar-refractivity contribution in [3.05, 3.63) is 29.6 Å². The van der Waals surface area contributed by atoms with Gasteiger partial charge in [-0.15, -0.1) is 0 Å². The highest BCUT2D eigenvalue weighted by molar-refractivity contribution is 5.37. The van der Waals surface area contributed by atoms with E-state index in [1.165, 1.54) is 6.07 Å². The molecule has 5 heteroatoms. The smallest absolute Gasteiger partial charge is 0.131 e. The fourth-order valence-corrected chi connectivity index (χ4v) is 2.51. The molecule has 21 heavy (non-hydrogen) atoms. The summed E-state index contributed by atoms with van der Waals surface area (Å²) in [6.07, 6.45) is 0.763. The Morgan fingerprint density at radius 3 is 2.67 bits per heavy atom. The Bertz CT molecular complexity index is 415. The third-order valence-electron chi connectivity index (χ3n) is 3.63. The lowest BCUT2D eigenvalue weighted by Crippen LogP contribution is -2.32. The van der Waals surface area contributed by atoms with Gasteiger partial charge in [-0.1, -0.05) is 19.9 Å². The monoisotopic (exact) mass is 298 g/mol. The van der Waals surface area contributed by atoms with Crippen LogP contribution in [0.3, 0.4) is 0 Å². The highest BCUT2D eigenvalue weighted by atomic mass is 19.1. The first-order valence-corrected chi connectivity index (χ1v) is 7.56. The molecule has 0 amide bonds. The van der Waals surface area contributed by atoms with Gasteiger partial charge in [0.05, 0.1) is 13.7 Å². The molecular formula is C16H27FN2O2. The highest BCUT2D eigenvalue weighted by Crippen LogP contribution is 2.30. The fourth-order valence-electron chi connectivity index (χ4n) is 2.51. The van der Waals surface area contributed by atoms with Crippen molar-refractivity contribution in [2.24, 2.45) is 0 Å². The van der Waals surface area contributed by atoms with Gasteiger partial charge in [-0.2, -0.15) is 0 Å². The Hall–Kier alpha value is -1.17. The molecule has 0 fully saturated rings. The fraction of sp³-hybridized carbons (Fsp3) is 0.625. The predicted octanol–water partition coefficient (Wildman–Crippen LogP) is 2.19. The third-order valence-corrected chi connectivity index (χ3v) is 3.63. The van der Waals surface area contributed by atoms with E-state index in [0.717, 1.165) is 26.1 Å². The lowest BCUT2D eigenvalue weighted by molar-refractivity contribution is 0.195. The normalized spacial score (nSPS) is 12.7. The first kappa shape index (κ1) is 17.9. The number of benzene rings is 1. The van der Waals surface area contributed by atoms with E-state index in [2.05, 4.69) is 17.1 Å². The summed E-state index contributed by atoms with van der Waals surface area (Å²) >= 11 is 0. The molecule has 0 heterocycles. The van der Waals surface area contributed by atoms with Crippen LogP contribution in [0.25, 0.3) is 0 Å². The minimum atomic E-state index is -0.245. The summed E-state index contributed by atoms with van der Waals surface area (Å²) in [4.78, 5) is 2.15. The molecule has 4 nitrogen and oxygen atoms in total. The van der Waals surface area contributed by atoms with Crippen LogP contribution in [0.15, 0.2) is 18.2 Å². The number of nitrogens with zero attached hydrogens (tertiary/aromatic N) is 1. The number of halogens is 1. The van der Waals surface area contributed by atoms with E-state index in [1.54, 1.807) is 19.2 Å². The second-order valence-corrected chi connectivity index (χ2v) is 4.91. The molecular weight excluding hydrogens is 271 g/mol. The lowest BCUT2D eigenvalue weighted by Gasteiger charge is -2.25.